The SMILES string of the molecule is c1ccc(-c2ccc(-c3cc(-c4c(-c5ccc(-c6cccc7c6-c6cc8ccccc8cc6C76CCCCC6)cc5)ccc5ccccc45)nc(-c4ccccc4)n3)cc2)cc1. The lowest BCUT2D eigenvalue weighted by Crippen LogP contribution is -2.28. The van der Waals surface area contributed by atoms with Gasteiger partial charge in [-0.2, -0.15) is 0 Å². The van der Waals surface area contributed by atoms with Crippen LogP contribution in [0.3, 0.4) is 0 Å². The van der Waals surface area contributed by atoms with Crippen molar-refractivity contribution in [1.82, 2.24) is 9.97 Å². The first-order valence-electron chi connectivity index (χ1n) is 22.1. The smallest absolute Gasteiger partial charge is 0.160 e. The summed E-state index contributed by atoms with van der Waals surface area (Å²) in [5.41, 5.74) is 18.2. The molecule has 0 radical (unpaired) electrons. The molecule has 0 aliphatic heterocycles. The molecule has 0 bridgehead atoms. The Morgan fingerprint density at radius 3 is 1.61 bits per heavy atom. The van der Waals surface area contributed by atoms with Crippen molar-refractivity contribution in [3.8, 4) is 78.4 Å². The van der Waals surface area contributed by atoms with Crippen LogP contribution in [0.5, 0.6) is 0 Å². The fraction of sp³-hybridized carbons (Fsp3) is 0.100. The maximum atomic E-state index is 5.38. The van der Waals surface area contributed by atoms with E-state index >= 15 is 0 Å². The second-order valence-electron chi connectivity index (χ2n) is 17.2. The molecule has 2 heteroatoms. The van der Waals surface area contributed by atoms with Crippen molar-refractivity contribution in [2.45, 2.75) is 37.5 Å². The molecule has 0 N–H and O–H groups in total. The Morgan fingerprint density at radius 2 is 0.887 bits per heavy atom. The zero-order chi connectivity index (χ0) is 41.0. The zero-order valence-electron chi connectivity index (χ0n) is 34.6. The highest BCUT2D eigenvalue weighted by Crippen LogP contribution is 2.58. The normalized spacial score (nSPS) is 13.9. The molecule has 1 heterocycles. The van der Waals surface area contributed by atoms with Crippen LogP contribution >= 0.6 is 0 Å². The Balaban J connectivity index is 0.999. The number of nitrogens with zero attached hydrogens (tertiary/aromatic N) is 2. The molecule has 2 aliphatic carbocycles. The van der Waals surface area contributed by atoms with Gasteiger partial charge in [0.25, 0.3) is 0 Å². The predicted molar refractivity (Wildman–Crippen MR) is 259 cm³/mol. The van der Waals surface area contributed by atoms with Crippen molar-refractivity contribution in [3.05, 3.63) is 217 Å². The minimum absolute atomic E-state index is 0.0851. The van der Waals surface area contributed by atoms with E-state index in [0.717, 1.165) is 39.2 Å². The summed E-state index contributed by atoms with van der Waals surface area (Å²) >= 11 is 0. The lowest BCUT2D eigenvalue weighted by Gasteiger charge is -2.36. The van der Waals surface area contributed by atoms with Crippen molar-refractivity contribution >= 4 is 21.5 Å². The maximum Gasteiger partial charge on any atom is 0.160 e. The van der Waals surface area contributed by atoms with Gasteiger partial charge in [0, 0.05) is 22.1 Å². The molecular formula is C60H44N2. The lowest BCUT2D eigenvalue weighted by atomic mass is 9.67. The first kappa shape index (κ1) is 36.4. The Morgan fingerprint density at radius 1 is 0.323 bits per heavy atom. The summed E-state index contributed by atoms with van der Waals surface area (Å²) in [6.45, 7) is 0. The molecule has 62 heavy (non-hydrogen) atoms. The first-order valence-corrected chi connectivity index (χ1v) is 22.1. The highest BCUT2D eigenvalue weighted by atomic mass is 14.9. The summed E-state index contributed by atoms with van der Waals surface area (Å²) in [6.07, 6.45) is 6.31. The van der Waals surface area contributed by atoms with Crippen LogP contribution in [0.4, 0.5) is 0 Å². The molecule has 12 rings (SSSR count). The molecule has 1 saturated carbocycles. The fourth-order valence-corrected chi connectivity index (χ4v) is 10.7. The van der Waals surface area contributed by atoms with E-state index in [1.807, 2.05) is 6.07 Å². The third-order valence-electron chi connectivity index (χ3n) is 13.7. The highest BCUT2D eigenvalue weighted by molar-refractivity contribution is 6.04. The predicted octanol–water partition coefficient (Wildman–Crippen LogP) is 16.0. The van der Waals surface area contributed by atoms with Gasteiger partial charge in [-0.1, -0.05) is 207 Å². The van der Waals surface area contributed by atoms with Crippen molar-refractivity contribution in [2.75, 3.05) is 0 Å². The number of hydrogen-bond donors (Lipinski definition) is 0. The average Bonchev–Trinajstić information content (AvgIpc) is 3.60. The molecule has 1 spiro atoms. The summed E-state index contributed by atoms with van der Waals surface area (Å²) in [5.74, 6) is 0.709. The van der Waals surface area contributed by atoms with Gasteiger partial charge in [0.15, 0.2) is 5.82 Å². The standard InChI is InChI=1S/C60H44N2/c1-4-15-40(16-5-1)41-25-31-45(32-26-41)55-39-56(62-59(61-55)46-18-6-2-7-19-46)58-50-22-11-10-17-42(50)33-34-51(58)44-29-27-43(28-30-44)49-23-14-24-53-57(49)52-37-47-20-8-9-21-48(47)38-54(52)60(53)35-12-3-13-36-60/h1-2,4-11,14-34,37-39H,3,12-13,35-36H2. The van der Waals surface area contributed by atoms with Crippen LogP contribution in [0, 0.1) is 0 Å². The molecule has 294 valence electrons. The third-order valence-corrected chi connectivity index (χ3v) is 13.7. The number of rotatable bonds is 6. The van der Waals surface area contributed by atoms with Crippen molar-refractivity contribution in [1.29, 1.82) is 0 Å². The van der Waals surface area contributed by atoms with Gasteiger partial charge in [-0.15, -0.1) is 0 Å². The zero-order valence-corrected chi connectivity index (χ0v) is 34.6. The van der Waals surface area contributed by atoms with Crippen LogP contribution in [0.15, 0.2) is 206 Å². The van der Waals surface area contributed by atoms with Gasteiger partial charge in [-0.25, -0.2) is 9.97 Å². The van der Waals surface area contributed by atoms with Crippen LogP contribution in [0.25, 0.3) is 100.0 Å². The van der Waals surface area contributed by atoms with E-state index < -0.39 is 0 Å². The summed E-state index contributed by atoms with van der Waals surface area (Å²) < 4.78 is 0. The third kappa shape index (κ3) is 6.09. The van der Waals surface area contributed by atoms with E-state index in [-0.39, 0.29) is 5.41 Å². The molecule has 0 atom stereocenters. The number of hydrogen-bond acceptors (Lipinski definition) is 2. The molecule has 1 aromatic heterocycles. The van der Waals surface area contributed by atoms with E-state index in [2.05, 4.69) is 200 Å². The Kier molecular flexibility index (Phi) is 8.78. The molecule has 10 aromatic rings. The lowest BCUT2D eigenvalue weighted by molar-refractivity contribution is 0.353. The molecule has 0 saturated heterocycles. The minimum Gasteiger partial charge on any atom is -0.228 e. The number of fused-ring (bicyclic) bond motifs is 7. The van der Waals surface area contributed by atoms with E-state index in [4.69, 9.17) is 9.97 Å². The highest BCUT2D eigenvalue weighted by Gasteiger charge is 2.44. The molecule has 0 amide bonds. The summed E-state index contributed by atoms with van der Waals surface area (Å²) in [5, 5.41) is 5.00. The summed E-state index contributed by atoms with van der Waals surface area (Å²) in [6, 6.07) is 75.3. The molecule has 2 nitrogen and oxygen atoms in total. The minimum atomic E-state index is 0.0851. The molecule has 0 unspecified atom stereocenters. The van der Waals surface area contributed by atoms with Crippen LogP contribution in [-0.4, -0.2) is 9.97 Å². The van der Waals surface area contributed by atoms with Gasteiger partial charge in [0.05, 0.1) is 11.4 Å². The fourth-order valence-electron chi connectivity index (χ4n) is 10.7. The van der Waals surface area contributed by atoms with E-state index in [1.165, 1.54) is 98.2 Å². The van der Waals surface area contributed by atoms with Gasteiger partial charge in [0.1, 0.15) is 0 Å². The van der Waals surface area contributed by atoms with Gasteiger partial charge in [0.2, 0.25) is 0 Å². The van der Waals surface area contributed by atoms with Crippen LogP contribution in [-0.2, 0) is 5.41 Å². The van der Waals surface area contributed by atoms with Gasteiger partial charge < -0.3 is 0 Å². The van der Waals surface area contributed by atoms with Crippen molar-refractivity contribution in [2.24, 2.45) is 0 Å². The monoisotopic (exact) mass is 792 g/mol. The average molecular weight is 793 g/mol. The van der Waals surface area contributed by atoms with E-state index in [0.29, 0.717) is 5.82 Å². The number of aromatic nitrogens is 2. The molecule has 9 aromatic carbocycles. The van der Waals surface area contributed by atoms with Crippen LogP contribution < -0.4 is 0 Å². The van der Waals surface area contributed by atoms with Crippen LogP contribution in [0.2, 0.25) is 0 Å². The summed E-state index contributed by atoms with van der Waals surface area (Å²) in [4.78, 5) is 10.6. The Bertz CT molecular complexity index is 3290. The van der Waals surface area contributed by atoms with Gasteiger partial charge >= 0.3 is 0 Å². The molecule has 1 fully saturated rings. The Hall–Kier alpha value is -7.42. The molecule has 2 aliphatic rings. The van der Waals surface area contributed by atoms with Crippen molar-refractivity contribution < 1.29 is 0 Å². The largest absolute Gasteiger partial charge is 0.228 e. The Labute approximate surface area is 363 Å². The van der Waals surface area contributed by atoms with E-state index in [1.54, 1.807) is 0 Å². The van der Waals surface area contributed by atoms with Crippen molar-refractivity contribution in [3.63, 3.8) is 0 Å². The second kappa shape index (κ2) is 14.9. The summed E-state index contributed by atoms with van der Waals surface area (Å²) in [7, 11) is 0. The van der Waals surface area contributed by atoms with Gasteiger partial charge in [-0.3, -0.25) is 0 Å². The van der Waals surface area contributed by atoms with Crippen LogP contribution in [0.1, 0.15) is 43.2 Å². The second-order valence-corrected chi connectivity index (χ2v) is 17.2. The van der Waals surface area contributed by atoms with Gasteiger partial charge in [-0.05, 0) is 108 Å². The first-order chi connectivity index (χ1) is 30.7. The topological polar surface area (TPSA) is 25.8 Å². The number of benzene rings is 9. The maximum absolute atomic E-state index is 5.38. The quantitative estimate of drug-likeness (QED) is 0.168. The molecular weight excluding hydrogens is 749 g/mol. The van der Waals surface area contributed by atoms with E-state index in [9.17, 15) is 0 Å².